The molecule has 0 unspecified atom stereocenters. The van der Waals surface area contributed by atoms with Crippen LogP contribution in [0.25, 0.3) is 10.9 Å². The highest BCUT2D eigenvalue weighted by atomic mass is 32.2. The van der Waals surface area contributed by atoms with E-state index in [1.165, 1.54) is 16.1 Å². The number of hydrogen-bond acceptors (Lipinski definition) is 6. The summed E-state index contributed by atoms with van der Waals surface area (Å²) >= 11 is 0. The van der Waals surface area contributed by atoms with Gasteiger partial charge >= 0.3 is 0 Å². The van der Waals surface area contributed by atoms with Crippen molar-refractivity contribution in [3.05, 3.63) is 84.4 Å². The average Bonchev–Trinajstić information content (AvgIpc) is 3.23. The van der Waals surface area contributed by atoms with Gasteiger partial charge in [0.1, 0.15) is 17.4 Å². The van der Waals surface area contributed by atoms with E-state index in [-0.39, 0.29) is 4.90 Å². The van der Waals surface area contributed by atoms with Crippen LogP contribution < -0.4 is 9.64 Å². The Balaban J connectivity index is 1.45. The molecule has 1 aliphatic rings. The number of nitrogens with zero attached hydrogens (tertiary/aromatic N) is 4. The maximum atomic E-state index is 13.4. The summed E-state index contributed by atoms with van der Waals surface area (Å²) in [6, 6.07) is 16.1. The predicted molar refractivity (Wildman–Crippen MR) is 129 cm³/mol. The number of ether oxygens (including phenoxy) is 1. The largest absolute Gasteiger partial charge is 0.497 e. The van der Waals surface area contributed by atoms with E-state index >= 15 is 0 Å². The van der Waals surface area contributed by atoms with Gasteiger partial charge in [0, 0.05) is 50.5 Å². The molecule has 5 rings (SSSR count). The smallest absolute Gasteiger partial charge is 0.268 e. The Labute approximate surface area is 198 Å². The number of rotatable bonds is 6. The van der Waals surface area contributed by atoms with Crippen LogP contribution in [0.2, 0.25) is 0 Å². The van der Waals surface area contributed by atoms with E-state index in [2.05, 4.69) is 14.8 Å². The molecule has 7 nitrogen and oxygen atoms in total. The zero-order valence-electron chi connectivity index (χ0n) is 18.8. The first-order chi connectivity index (χ1) is 16.5. The highest BCUT2D eigenvalue weighted by molar-refractivity contribution is 7.90. The molecular formula is C25H25FN4O3S. The van der Waals surface area contributed by atoms with Crippen LogP contribution in [0, 0.1) is 5.82 Å². The first-order valence-corrected chi connectivity index (χ1v) is 12.5. The van der Waals surface area contributed by atoms with Crippen molar-refractivity contribution in [2.75, 3.05) is 38.2 Å². The molecule has 0 N–H and O–H groups in total. The monoisotopic (exact) mass is 480 g/mol. The zero-order valence-corrected chi connectivity index (χ0v) is 19.6. The first kappa shape index (κ1) is 22.4. The second-order valence-electron chi connectivity index (χ2n) is 8.24. The molecule has 1 aliphatic heterocycles. The minimum Gasteiger partial charge on any atom is -0.497 e. The lowest BCUT2D eigenvalue weighted by molar-refractivity contribution is 0.250. The van der Waals surface area contributed by atoms with Crippen LogP contribution in [0.5, 0.6) is 5.75 Å². The summed E-state index contributed by atoms with van der Waals surface area (Å²) in [4.78, 5) is 9.03. The topological polar surface area (TPSA) is 67.7 Å². The molecule has 3 heterocycles. The van der Waals surface area contributed by atoms with Gasteiger partial charge in [0.25, 0.3) is 10.0 Å². The van der Waals surface area contributed by atoms with Crippen molar-refractivity contribution in [3.8, 4) is 5.75 Å². The third-order valence-electron chi connectivity index (χ3n) is 6.17. The van der Waals surface area contributed by atoms with E-state index in [4.69, 9.17) is 4.74 Å². The molecule has 1 fully saturated rings. The highest BCUT2D eigenvalue weighted by Crippen LogP contribution is 2.30. The molecule has 0 bridgehead atoms. The summed E-state index contributed by atoms with van der Waals surface area (Å²) in [5.74, 6) is 1.14. The fraction of sp³-hybridized carbons (Fsp3) is 0.240. The molecule has 0 amide bonds. The van der Waals surface area contributed by atoms with Crippen molar-refractivity contribution in [3.63, 3.8) is 0 Å². The number of hydrogen-bond donors (Lipinski definition) is 0. The van der Waals surface area contributed by atoms with Crippen LogP contribution in [-0.4, -0.2) is 55.6 Å². The molecule has 4 aromatic rings. The van der Waals surface area contributed by atoms with E-state index in [1.807, 2.05) is 24.3 Å². The minimum atomic E-state index is -3.89. The molecule has 0 radical (unpaired) electrons. The summed E-state index contributed by atoms with van der Waals surface area (Å²) in [5.41, 5.74) is 1.46. The van der Waals surface area contributed by atoms with Crippen LogP contribution in [0.1, 0.15) is 5.56 Å². The molecule has 2 aromatic heterocycles. The summed E-state index contributed by atoms with van der Waals surface area (Å²) in [7, 11) is -2.31. The van der Waals surface area contributed by atoms with Crippen LogP contribution in [-0.2, 0) is 16.6 Å². The Hall–Kier alpha value is -3.43. The van der Waals surface area contributed by atoms with Crippen LogP contribution in [0.3, 0.4) is 0 Å². The Morgan fingerprint density at radius 1 is 1.00 bits per heavy atom. The Kier molecular flexibility index (Phi) is 5.97. The van der Waals surface area contributed by atoms with Gasteiger partial charge in [-0.1, -0.05) is 6.07 Å². The molecule has 0 spiro atoms. The zero-order chi connectivity index (χ0) is 23.7. The van der Waals surface area contributed by atoms with Crippen LogP contribution in [0.4, 0.5) is 10.2 Å². The number of anilines is 1. The summed E-state index contributed by atoms with van der Waals surface area (Å²) in [5, 5.41) is 0.817. The highest BCUT2D eigenvalue weighted by Gasteiger charge is 2.24. The lowest BCUT2D eigenvalue weighted by Gasteiger charge is -2.35. The van der Waals surface area contributed by atoms with Crippen molar-refractivity contribution in [2.24, 2.45) is 0 Å². The fourth-order valence-electron chi connectivity index (χ4n) is 4.33. The maximum absolute atomic E-state index is 13.4. The van der Waals surface area contributed by atoms with Crippen LogP contribution >= 0.6 is 0 Å². The Morgan fingerprint density at radius 3 is 2.44 bits per heavy atom. The molecular weight excluding hydrogens is 455 g/mol. The summed E-state index contributed by atoms with van der Waals surface area (Å²) in [6.07, 6.45) is 3.47. The van der Waals surface area contributed by atoms with E-state index in [9.17, 15) is 12.8 Å². The number of piperazine rings is 1. The third-order valence-corrected chi connectivity index (χ3v) is 7.86. The normalized spacial score (nSPS) is 15.1. The lowest BCUT2D eigenvalue weighted by atomic mass is 10.1. The number of methoxy groups -OCH3 is 1. The van der Waals surface area contributed by atoms with Gasteiger partial charge in [0.2, 0.25) is 0 Å². The second-order valence-corrected chi connectivity index (χ2v) is 10.1. The maximum Gasteiger partial charge on any atom is 0.268 e. The van der Waals surface area contributed by atoms with Crippen molar-refractivity contribution < 1.29 is 17.5 Å². The van der Waals surface area contributed by atoms with Crippen molar-refractivity contribution in [2.45, 2.75) is 11.4 Å². The van der Waals surface area contributed by atoms with Crippen LogP contribution in [0.15, 0.2) is 78.0 Å². The molecule has 34 heavy (non-hydrogen) atoms. The minimum absolute atomic E-state index is 0.0390. The summed E-state index contributed by atoms with van der Waals surface area (Å²) < 4.78 is 46.9. The molecule has 9 heteroatoms. The summed E-state index contributed by atoms with van der Waals surface area (Å²) in [6.45, 7) is 3.95. The van der Waals surface area contributed by atoms with E-state index in [1.54, 1.807) is 31.6 Å². The first-order valence-electron chi connectivity index (χ1n) is 11.0. The van der Waals surface area contributed by atoms with Gasteiger partial charge in [-0.05, 0) is 60.2 Å². The third kappa shape index (κ3) is 4.24. The molecule has 1 saturated heterocycles. The van der Waals surface area contributed by atoms with Gasteiger partial charge < -0.3 is 9.64 Å². The molecule has 2 aromatic carbocycles. The van der Waals surface area contributed by atoms with Crippen molar-refractivity contribution in [1.29, 1.82) is 0 Å². The fourth-order valence-corrected chi connectivity index (χ4v) is 5.73. The number of fused-ring (bicyclic) bond motifs is 1. The van der Waals surface area contributed by atoms with Gasteiger partial charge in [-0.2, -0.15) is 0 Å². The van der Waals surface area contributed by atoms with E-state index < -0.39 is 15.8 Å². The lowest BCUT2D eigenvalue weighted by Crippen LogP contribution is -2.46. The second kappa shape index (κ2) is 9.08. The average molecular weight is 481 g/mol. The molecule has 0 atom stereocenters. The van der Waals surface area contributed by atoms with Gasteiger partial charge in [0.05, 0.1) is 17.5 Å². The SMILES string of the molecule is COc1ccc2c(c1)c(CN1CCN(c3ccccn3)CC1)cn2S(=O)(=O)c1ccc(F)cc1. The number of benzene rings is 2. The van der Waals surface area contributed by atoms with E-state index in [0.717, 1.165) is 55.1 Å². The van der Waals surface area contributed by atoms with E-state index in [0.29, 0.717) is 17.8 Å². The Bertz CT molecular complexity index is 1400. The number of aromatic nitrogens is 2. The number of pyridine rings is 1. The van der Waals surface area contributed by atoms with Crippen molar-refractivity contribution >= 4 is 26.7 Å². The molecule has 176 valence electrons. The van der Waals surface area contributed by atoms with Gasteiger partial charge in [-0.25, -0.2) is 21.8 Å². The van der Waals surface area contributed by atoms with Gasteiger partial charge in [-0.3, -0.25) is 4.90 Å². The quantitative estimate of drug-likeness (QED) is 0.419. The standard InChI is InChI=1S/C25H25FN4O3S/c1-33-21-7-10-24-23(16-21)19(18-30(24)34(31,32)22-8-5-20(26)6-9-22)17-28-12-14-29(15-13-28)25-4-2-3-11-27-25/h2-11,16,18H,12-15,17H2,1H3. The number of halogens is 1. The van der Waals surface area contributed by atoms with Crippen molar-refractivity contribution in [1.82, 2.24) is 13.9 Å². The van der Waals surface area contributed by atoms with Gasteiger partial charge in [-0.15, -0.1) is 0 Å². The van der Waals surface area contributed by atoms with Gasteiger partial charge in [0.15, 0.2) is 0 Å². The molecule has 0 saturated carbocycles. The molecule has 0 aliphatic carbocycles. The Morgan fingerprint density at radius 2 is 1.76 bits per heavy atom. The predicted octanol–water partition coefficient (Wildman–Crippen LogP) is 3.74.